The second kappa shape index (κ2) is 17.6. The number of nitro groups is 1. The van der Waals surface area contributed by atoms with Crippen LogP contribution in [0.3, 0.4) is 0 Å². The van der Waals surface area contributed by atoms with Gasteiger partial charge in [-0.25, -0.2) is 0 Å². The summed E-state index contributed by atoms with van der Waals surface area (Å²) < 4.78 is 10.6. The highest BCUT2D eigenvalue weighted by Crippen LogP contribution is 2.37. The lowest BCUT2D eigenvalue weighted by atomic mass is 9.84. The van der Waals surface area contributed by atoms with Gasteiger partial charge in [0.2, 0.25) is 5.54 Å². The first-order chi connectivity index (χ1) is 27.2. The van der Waals surface area contributed by atoms with Crippen LogP contribution in [0, 0.1) is 30.9 Å². The number of nitrogens with zero attached hydrogens (tertiary/aromatic N) is 10. The molecule has 0 radical (unpaired) electrons. The van der Waals surface area contributed by atoms with E-state index >= 15 is 0 Å². The molecule has 0 saturated heterocycles. The molecular weight excluding hydrogens is 936 g/mol. The Balaban J connectivity index is 1.45. The Morgan fingerprint density at radius 1 is 0.517 bits per heavy atom. The monoisotopic (exact) mass is 967 g/mol. The third-order valence-corrected chi connectivity index (χ3v) is 12.7. The van der Waals surface area contributed by atoms with Crippen molar-refractivity contribution in [3.8, 4) is 17.1 Å². The van der Waals surface area contributed by atoms with Crippen molar-refractivity contribution in [2.75, 3.05) is 0 Å². The molecule has 0 aliphatic rings. The van der Waals surface area contributed by atoms with Crippen LogP contribution in [0.5, 0.6) is 0 Å². The summed E-state index contributed by atoms with van der Waals surface area (Å²) >= 11 is 59.0. The lowest BCUT2D eigenvalue weighted by molar-refractivity contribution is -0.751. The maximum Gasteiger partial charge on any atom is 0.316 e. The summed E-state index contributed by atoms with van der Waals surface area (Å²) in [6, 6.07) is 9.48. The van der Waals surface area contributed by atoms with Gasteiger partial charge in [0.1, 0.15) is 38.2 Å². The molecule has 6 rings (SSSR count). The molecule has 0 spiro atoms. The topological polar surface area (TPSA) is 108 Å². The third-order valence-electron chi connectivity index (χ3n) is 10.3. The summed E-state index contributed by atoms with van der Waals surface area (Å²) in [6.07, 6.45) is 0.601. The van der Waals surface area contributed by atoms with E-state index in [1.807, 2.05) is 20.8 Å². The normalized spacial score (nSPS) is 11.9. The van der Waals surface area contributed by atoms with Gasteiger partial charge in [-0.05, 0) is 51.4 Å². The highest BCUT2D eigenvalue weighted by molar-refractivity contribution is 6.42. The van der Waals surface area contributed by atoms with Crippen molar-refractivity contribution in [3.05, 3.63) is 127 Å². The van der Waals surface area contributed by atoms with Gasteiger partial charge in [0, 0.05) is 79.3 Å². The Labute approximate surface area is 379 Å². The molecule has 0 amide bonds. The van der Waals surface area contributed by atoms with Crippen molar-refractivity contribution in [1.82, 2.24) is 29.0 Å². The van der Waals surface area contributed by atoms with Crippen LogP contribution in [-0.2, 0) is 40.4 Å². The highest BCUT2D eigenvalue weighted by atomic mass is 35.5. The minimum absolute atomic E-state index is 0.0435. The van der Waals surface area contributed by atoms with Crippen LogP contribution in [0.4, 0.5) is 0 Å². The van der Waals surface area contributed by atoms with Crippen LogP contribution >= 0.6 is 104 Å². The van der Waals surface area contributed by atoms with E-state index in [-0.39, 0.29) is 73.6 Å². The van der Waals surface area contributed by atoms with E-state index in [1.54, 1.807) is 85.6 Å². The van der Waals surface area contributed by atoms with Crippen LogP contribution < -0.4 is 14.0 Å². The summed E-state index contributed by atoms with van der Waals surface area (Å²) in [5.74, 6) is 3.41. The number of benzene rings is 3. The van der Waals surface area contributed by atoms with E-state index in [9.17, 15) is 10.1 Å². The molecule has 0 bridgehead atoms. The van der Waals surface area contributed by atoms with Crippen LogP contribution in [0.15, 0.2) is 36.4 Å². The molecule has 0 aliphatic carbocycles. The quantitative estimate of drug-likeness (QED) is 0.0651. The third kappa shape index (κ3) is 8.64. The molecule has 3 aromatic carbocycles. The maximum atomic E-state index is 13.7. The molecule has 0 atom stereocenters. The lowest BCUT2D eigenvalue weighted by Gasteiger charge is -2.24. The fourth-order valence-electron chi connectivity index (χ4n) is 7.09. The molecule has 0 unspecified atom stereocenters. The number of aromatic nitrogens is 9. The average Bonchev–Trinajstić information content (AvgIpc) is 3.67. The molecule has 0 N–H and O–H groups in total. The SMILES string of the molecule is Cc1nc(CCC(CCc2nc(C)[n+](C)n2-c2c(Cl)cc(Cl)cc2Cl)(CCc2nc(C)[n+](C)n2-c2c(Cl)cc(Cl)cc2Cl)[N+](=O)[O-])n(-c2c(Cl)cc(Cl)cc2Cl)[n+]1C. The van der Waals surface area contributed by atoms with Crippen molar-refractivity contribution in [2.24, 2.45) is 21.1 Å². The van der Waals surface area contributed by atoms with Gasteiger partial charge in [-0.15, -0.1) is 14.0 Å². The first kappa shape index (κ1) is 44.6. The molecular formula is C37H36Cl9N10O2+3. The molecule has 12 nitrogen and oxygen atoms in total. The van der Waals surface area contributed by atoms with E-state index in [4.69, 9.17) is 119 Å². The molecule has 0 fully saturated rings. The first-order valence-electron chi connectivity index (χ1n) is 17.7. The second-order valence-corrected chi connectivity index (χ2v) is 17.6. The average molecular weight is 972 g/mol. The number of hydrogen-bond acceptors (Lipinski definition) is 5. The standard InChI is InChI=1S/C37H36Cl9N10O2/c1-19-47-31(53(50(19)4)34-25(41)13-22(38)14-26(34)42)7-10-37(56(57)58,11-8-32-48-20(2)51(5)54(32)35-27(43)15-23(39)16-28(35)44)12-9-33-49-21(3)52(6)55(33)36-29(45)17-24(40)18-30(36)46/h13-18H,7-12H2,1-6H3/q+3. The summed E-state index contributed by atoms with van der Waals surface area (Å²) in [7, 11) is 5.41. The van der Waals surface area contributed by atoms with Gasteiger partial charge in [0.25, 0.3) is 17.5 Å². The predicted molar refractivity (Wildman–Crippen MR) is 228 cm³/mol. The Hall–Kier alpha value is -2.91. The van der Waals surface area contributed by atoms with E-state index in [1.165, 1.54) is 0 Å². The van der Waals surface area contributed by atoms with Gasteiger partial charge in [-0.1, -0.05) is 104 Å². The second-order valence-electron chi connectivity index (χ2n) is 13.9. The van der Waals surface area contributed by atoms with Crippen LogP contribution in [0.2, 0.25) is 45.2 Å². The van der Waals surface area contributed by atoms with E-state index in [2.05, 4.69) is 0 Å². The van der Waals surface area contributed by atoms with Crippen molar-refractivity contribution in [2.45, 2.75) is 64.8 Å². The molecule has 3 aromatic heterocycles. The van der Waals surface area contributed by atoms with E-state index < -0.39 is 5.54 Å². The molecule has 0 saturated carbocycles. The van der Waals surface area contributed by atoms with Gasteiger partial charge in [-0.3, -0.25) is 10.1 Å². The van der Waals surface area contributed by atoms with Crippen molar-refractivity contribution in [1.29, 1.82) is 0 Å². The van der Waals surface area contributed by atoms with E-state index in [0.29, 0.717) is 67.1 Å². The smallest absolute Gasteiger partial charge is 0.264 e. The lowest BCUT2D eigenvalue weighted by Crippen LogP contribution is -2.44. The van der Waals surface area contributed by atoms with Gasteiger partial charge < -0.3 is 0 Å². The summed E-state index contributed by atoms with van der Waals surface area (Å²) in [6.45, 7) is 5.47. The minimum atomic E-state index is -1.58. The fraction of sp³-hybridized carbons (Fsp3) is 0.351. The Bertz CT molecular complexity index is 2260. The van der Waals surface area contributed by atoms with Gasteiger partial charge in [0.05, 0.1) is 30.1 Å². The number of aryl methyl sites for hydroxylation is 6. The zero-order chi connectivity index (χ0) is 42.5. The Morgan fingerprint density at radius 3 is 0.948 bits per heavy atom. The molecule has 306 valence electrons. The van der Waals surface area contributed by atoms with Gasteiger partial charge >= 0.3 is 17.5 Å². The Kier molecular flexibility index (Phi) is 13.5. The summed E-state index contributed by atoms with van der Waals surface area (Å²) in [5.41, 5.74) is -0.243. The van der Waals surface area contributed by atoms with Crippen molar-refractivity contribution in [3.63, 3.8) is 0 Å². The van der Waals surface area contributed by atoms with E-state index in [0.717, 1.165) is 0 Å². The zero-order valence-electron chi connectivity index (χ0n) is 31.9. The van der Waals surface area contributed by atoms with Gasteiger partial charge in [-0.2, -0.15) is 14.0 Å². The summed E-state index contributed by atoms with van der Waals surface area (Å²) in [4.78, 5) is 28.0. The fourth-order valence-corrected chi connectivity index (χ4v) is 10.0. The van der Waals surface area contributed by atoms with Crippen molar-refractivity contribution < 1.29 is 19.0 Å². The van der Waals surface area contributed by atoms with Crippen LogP contribution in [0.25, 0.3) is 17.1 Å². The molecule has 6 aromatic rings. The highest BCUT2D eigenvalue weighted by Gasteiger charge is 2.45. The molecule has 58 heavy (non-hydrogen) atoms. The molecule has 21 heteroatoms. The number of hydrogen-bond donors (Lipinski definition) is 0. The van der Waals surface area contributed by atoms with Crippen LogP contribution in [0.1, 0.15) is 54.2 Å². The van der Waals surface area contributed by atoms with Gasteiger partial charge in [0.15, 0.2) is 0 Å². The number of rotatable bonds is 13. The number of halogens is 9. The molecule has 3 heterocycles. The Morgan fingerprint density at radius 2 is 0.741 bits per heavy atom. The largest absolute Gasteiger partial charge is 0.316 e. The van der Waals surface area contributed by atoms with Crippen LogP contribution in [-0.4, -0.2) is 39.5 Å². The zero-order valence-corrected chi connectivity index (χ0v) is 38.7. The van der Waals surface area contributed by atoms with Crippen molar-refractivity contribution >= 4 is 104 Å². The minimum Gasteiger partial charge on any atom is -0.264 e. The summed E-state index contributed by atoms with van der Waals surface area (Å²) in [5, 5.41) is 16.6. The first-order valence-corrected chi connectivity index (χ1v) is 21.1. The molecule has 0 aliphatic heterocycles. The predicted octanol–water partition coefficient (Wildman–Crippen LogP) is 9.74. The maximum absolute atomic E-state index is 13.7.